The number of allylic oxidation sites excluding steroid dienone is 8. The van der Waals surface area contributed by atoms with E-state index in [-0.39, 0.29) is 0 Å². The minimum atomic E-state index is -1.92. The van der Waals surface area contributed by atoms with Crippen LogP contribution in [0.2, 0.25) is 0 Å². The summed E-state index contributed by atoms with van der Waals surface area (Å²) in [5, 5.41) is 0. The molecule has 4 aliphatic rings. The van der Waals surface area contributed by atoms with Crippen LogP contribution < -0.4 is 0 Å². The maximum atomic E-state index is 4.97. The summed E-state index contributed by atoms with van der Waals surface area (Å²) in [4.78, 5) is 0. The number of unbranched alkanes of at least 4 members (excludes halogenated alkanes) is 1. The summed E-state index contributed by atoms with van der Waals surface area (Å²) in [7, 11) is 29.8. The molecule has 10 radical (unpaired) electrons. The van der Waals surface area contributed by atoms with E-state index in [9.17, 15) is 0 Å². The Morgan fingerprint density at radius 3 is 1.20 bits per heavy atom. The standard InChI is InChI=1S/C22H20.6ClH.2Ti/c1(7-17-13-15-19-9-3-5-11-21(17)19)2-8-18-14-16-20-10-4-6-12-22(18)20;;;;;;;;/h3-6,9-16H,1-2,7-8H2;6*1H;;/q;;;;;;;2*+4/p-6. The van der Waals surface area contributed by atoms with Crippen LogP contribution in [0.4, 0.5) is 0 Å². The van der Waals surface area contributed by atoms with Gasteiger partial charge in [-0.25, -0.2) is 0 Å². The average molecular weight is 593 g/mol. The Morgan fingerprint density at radius 1 is 0.500 bits per heavy atom. The van der Waals surface area contributed by atoms with Crippen LogP contribution in [0.15, 0.2) is 48.6 Å². The molecule has 2 fully saturated rings. The van der Waals surface area contributed by atoms with Crippen LogP contribution in [-0.4, -0.2) is 0 Å². The Labute approximate surface area is 218 Å². The van der Waals surface area contributed by atoms with Crippen molar-refractivity contribution < 1.29 is 29.4 Å². The maximum absolute atomic E-state index is 4.97. The molecule has 0 heterocycles. The number of halogens is 6. The zero-order valence-corrected chi connectivity index (χ0v) is 23.7. The Bertz CT molecular complexity index is 547. The second-order valence-electron chi connectivity index (χ2n) is 6.53. The van der Waals surface area contributed by atoms with E-state index in [2.05, 4.69) is 74.3 Å². The Kier molecular flexibility index (Phi) is 15.1. The molecule has 8 heteroatoms. The van der Waals surface area contributed by atoms with Crippen molar-refractivity contribution in [2.24, 2.45) is 0 Å². The van der Waals surface area contributed by atoms with Gasteiger partial charge in [-0.15, -0.1) is 0 Å². The summed E-state index contributed by atoms with van der Waals surface area (Å²) in [6.07, 6.45) is 31.4. The molecule has 0 atom stereocenters. The number of rotatable bonds is 5. The van der Waals surface area contributed by atoms with Gasteiger partial charge in [-0.3, -0.25) is 0 Å². The molecule has 0 unspecified atom stereocenters. The van der Waals surface area contributed by atoms with Crippen molar-refractivity contribution in [3.63, 3.8) is 0 Å². The molecule has 4 rings (SSSR count). The van der Waals surface area contributed by atoms with Gasteiger partial charge in [0.2, 0.25) is 0 Å². The van der Waals surface area contributed by atoms with Crippen molar-refractivity contribution >= 4 is 55.8 Å². The molecular weight excluding hydrogens is 573 g/mol. The first-order valence-corrected chi connectivity index (χ1v) is 22.2. The van der Waals surface area contributed by atoms with E-state index >= 15 is 0 Å². The van der Waals surface area contributed by atoms with Crippen LogP contribution in [0.25, 0.3) is 0 Å². The summed E-state index contributed by atoms with van der Waals surface area (Å²) < 4.78 is 0. The third-order valence-electron chi connectivity index (χ3n) is 4.68. The van der Waals surface area contributed by atoms with Gasteiger partial charge in [0.15, 0.2) is 0 Å². The zero-order valence-electron chi connectivity index (χ0n) is 16.0. The fourth-order valence-corrected chi connectivity index (χ4v) is 3.50. The first-order chi connectivity index (χ1) is 14.4. The zero-order chi connectivity index (χ0) is 21.9. The fourth-order valence-electron chi connectivity index (χ4n) is 3.50. The molecule has 0 N–H and O–H groups in total. The average Bonchev–Trinajstić information content (AvgIpc) is 3.29. The monoisotopic (exact) mass is 590 g/mol. The molecule has 4 aliphatic carbocycles. The Balaban J connectivity index is 0.000000347. The molecule has 0 saturated heterocycles. The van der Waals surface area contributed by atoms with Crippen LogP contribution in [0, 0.1) is 61.2 Å². The van der Waals surface area contributed by atoms with Gasteiger partial charge < -0.3 is 0 Å². The van der Waals surface area contributed by atoms with Crippen LogP contribution in [0.1, 0.15) is 25.7 Å². The quantitative estimate of drug-likeness (QED) is 0.221. The van der Waals surface area contributed by atoms with Crippen molar-refractivity contribution in [1.29, 1.82) is 0 Å². The van der Waals surface area contributed by atoms with Crippen molar-refractivity contribution in [2.75, 3.05) is 0 Å². The molecular formula is C22H20Cl6Ti2+2. The third kappa shape index (κ3) is 10.6. The van der Waals surface area contributed by atoms with Crippen molar-refractivity contribution in [1.82, 2.24) is 0 Å². The Hall–Kier alpha value is 2.13. The second-order valence-corrected chi connectivity index (χ2v) is 22.0. The summed E-state index contributed by atoms with van der Waals surface area (Å²) in [5.41, 5.74) is 0. The van der Waals surface area contributed by atoms with E-state index in [0.717, 1.165) is 0 Å². The summed E-state index contributed by atoms with van der Waals surface area (Å²) >= 11 is -3.83. The molecule has 0 aromatic rings. The molecule has 0 amide bonds. The molecule has 0 bridgehead atoms. The SMILES string of the molecule is [CH]1[CH][C](CCCC[C]2[CH][CH][C]3C=CC=C[C]32)[C]2C=CC=C[C]12.[Cl][Ti+]([Cl])[Cl].[Cl][Ti+]([Cl])[Cl]. The van der Waals surface area contributed by atoms with E-state index in [4.69, 9.17) is 55.8 Å². The van der Waals surface area contributed by atoms with E-state index in [0.29, 0.717) is 0 Å². The number of hydrogen-bond acceptors (Lipinski definition) is 0. The Morgan fingerprint density at radius 2 is 0.833 bits per heavy atom. The fraction of sp³-hybridized carbons (Fsp3) is 0.182. The van der Waals surface area contributed by atoms with Crippen molar-refractivity contribution in [3.8, 4) is 0 Å². The first-order valence-electron chi connectivity index (χ1n) is 9.32. The molecule has 0 spiro atoms. The van der Waals surface area contributed by atoms with Gasteiger partial charge in [-0.2, -0.15) is 0 Å². The second kappa shape index (κ2) is 15.9. The van der Waals surface area contributed by atoms with Crippen molar-refractivity contribution in [3.05, 3.63) is 110 Å². The van der Waals surface area contributed by atoms with Gasteiger partial charge in [-0.1, -0.05) is 61.4 Å². The summed E-state index contributed by atoms with van der Waals surface area (Å²) in [6.45, 7) is 0. The molecule has 2 saturated carbocycles. The minimum absolute atomic E-state index is 1.19. The van der Waals surface area contributed by atoms with Gasteiger partial charge in [0.25, 0.3) is 0 Å². The molecule has 30 heavy (non-hydrogen) atoms. The van der Waals surface area contributed by atoms with E-state index in [1.807, 2.05) is 0 Å². The van der Waals surface area contributed by atoms with Gasteiger partial charge >= 0.3 is 85.2 Å². The van der Waals surface area contributed by atoms with Crippen LogP contribution >= 0.6 is 55.8 Å². The molecule has 156 valence electrons. The number of fused-ring (bicyclic) bond motifs is 2. The van der Waals surface area contributed by atoms with Gasteiger partial charge in [-0.05, 0) is 50.4 Å². The number of hydrogen-bond donors (Lipinski definition) is 0. The van der Waals surface area contributed by atoms with Crippen LogP contribution in [0.3, 0.4) is 0 Å². The van der Waals surface area contributed by atoms with Crippen LogP contribution in [0.5, 0.6) is 0 Å². The van der Waals surface area contributed by atoms with Gasteiger partial charge in [0.05, 0.1) is 0 Å². The van der Waals surface area contributed by atoms with E-state index in [1.165, 1.54) is 61.2 Å². The molecule has 0 aromatic carbocycles. The predicted molar refractivity (Wildman–Crippen MR) is 127 cm³/mol. The normalized spacial score (nSPS) is 21.7. The van der Waals surface area contributed by atoms with Crippen LogP contribution in [-0.2, 0) is 29.4 Å². The van der Waals surface area contributed by atoms with Gasteiger partial charge in [0.1, 0.15) is 0 Å². The third-order valence-corrected chi connectivity index (χ3v) is 4.68. The summed E-state index contributed by atoms with van der Waals surface area (Å²) in [5.74, 6) is 8.62. The molecule has 0 aliphatic heterocycles. The predicted octanol–water partition coefficient (Wildman–Crippen LogP) is 9.22. The van der Waals surface area contributed by atoms with Crippen molar-refractivity contribution in [2.45, 2.75) is 25.7 Å². The first kappa shape index (κ1) is 28.4. The van der Waals surface area contributed by atoms with Gasteiger partial charge in [0, 0.05) is 23.7 Å². The molecule has 0 aromatic heterocycles. The van der Waals surface area contributed by atoms with E-state index < -0.39 is 29.4 Å². The molecule has 0 nitrogen and oxygen atoms in total. The topological polar surface area (TPSA) is 0 Å². The summed E-state index contributed by atoms with van der Waals surface area (Å²) in [6, 6.07) is 0. The van der Waals surface area contributed by atoms with E-state index in [1.54, 1.807) is 0 Å².